The van der Waals surface area contributed by atoms with Crippen LogP contribution in [0.5, 0.6) is 0 Å². The van der Waals surface area contributed by atoms with Crippen LogP contribution in [0.25, 0.3) is 0 Å². The van der Waals surface area contributed by atoms with E-state index in [0.29, 0.717) is 25.2 Å². The lowest BCUT2D eigenvalue weighted by atomic mass is 9.67. The van der Waals surface area contributed by atoms with Crippen LogP contribution < -0.4 is 5.73 Å². The van der Waals surface area contributed by atoms with Crippen molar-refractivity contribution < 1.29 is 13.5 Å². The minimum atomic E-state index is -3.05. The van der Waals surface area contributed by atoms with Crippen LogP contribution >= 0.6 is 0 Å². The summed E-state index contributed by atoms with van der Waals surface area (Å²) in [7, 11) is -3.05. The van der Waals surface area contributed by atoms with Crippen LogP contribution in [0.2, 0.25) is 0 Å². The van der Waals surface area contributed by atoms with Gasteiger partial charge in [0.25, 0.3) is 0 Å². The molecule has 0 radical (unpaired) electrons. The summed E-state index contributed by atoms with van der Waals surface area (Å²) in [6, 6.07) is 0. The van der Waals surface area contributed by atoms with Gasteiger partial charge in [-0.1, -0.05) is 27.2 Å². The van der Waals surface area contributed by atoms with Gasteiger partial charge in [0.05, 0.1) is 17.1 Å². The van der Waals surface area contributed by atoms with Crippen molar-refractivity contribution in [2.45, 2.75) is 64.9 Å². The van der Waals surface area contributed by atoms with Crippen LogP contribution in [-0.4, -0.2) is 37.2 Å². The van der Waals surface area contributed by atoms with Crippen LogP contribution in [0.15, 0.2) is 0 Å². The number of aliphatic hydroxyl groups is 1. The van der Waals surface area contributed by atoms with E-state index in [1.54, 1.807) is 0 Å². The van der Waals surface area contributed by atoms with Crippen LogP contribution in [0.4, 0.5) is 0 Å². The van der Waals surface area contributed by atoms with Crippen molar-refractivity contribution in [3.05, 3.63) is 0 Å². The standard InChI is InChI=1S/C16H31NO3S/c1-14(2,3)13-5-4-7-16(18,8-6-13)15(11-17)9-10-21(19,20)12-15/h13,18H,4-12,17H2,1-3H3. The zero-order valence-electron chi connectivity index (χ0n) is 13.7. The maximum absolute atomic E-state index is 11.9. The van der Waals surface area contributed by atoms with E-state index in [1.807, 2.05) is 0 Å². The van der Waals surface area contributed by atoms with Crippen LogP contribution in [0.3, 0.4) is 0 Å². The first-order valence-electron chi connectivity index (χ1n) is 8.17. The summed E-state index contributed by atoms with van der Waals surface area (Å²) in [5, 5.41) is 11.3. The van der Waals surface area contributed by atoms with Gasteiger partial charge in [-0.25, -0.2) is 8.42 Å². The fourth-order valence-corrected chi connectivity index (χ4v) is 6.57. The van der Waals surface area contributed by atoms with E-state index >= 15 is 0 Å². The Balaban J connectivity index is 2.22. The Labute approximate surface area is 129 Å². The highest BCUT2D eigenvalue weighted by atomic mass is 32.2. The Morgan fingerprint density at radius 2 is 1.86 bits per heavy atom. The van der Waals surface area contributed by atoms with Gasteiger partial charge in [-0.2, -0.15) is 0 Å². The molecule has 5 heteroatoms. The van der Waals surface area contributed by atoms with Crippen LogP contribution in [0, 0.1) is 16.7 Å². The highest BCUT2D eigenvalue weighted by Gasteiger charge is 2.55. The first-order chi connectivity index (χ1) is 9.54. The van der Waals surface area contributed by atoms with Crippen molar-refractivity contribution in [3.8, 4) is 0 Å². The summed E-state index contributed by atoms with van der Waals surface area (Å²) < 4.78 is 23.9. The topological polar surface area (TPSA) is 80.4 Å². The lowest BCUT2D eigenvalue weighted by Gasteiger charge is -2.44. The van der Waals surface area contributed by atoms with Crippen molar-refractivity contribution in [3.63, 3.8) is 0 Å². The molecule has 0 bridgehead atoms. The van der Waals surface area contributed by atoms with Gasteiger partial charge in [0, 0.05) is 12.0 Å². The van der Waals surface area contributed by atoms with Gasteiger partial charge in [0.1, 0.15) is 0 Å². The summed E-state index contributed by atoms with van der Waals surface area (Å²) >= 11 is 0. The molecule has 3 N–H and O–H groups in total. The monoisotopic (exact) mass is 317 g/mol. The highest BCUT2D eigenvalue weighted by Crippen LogP contribution is 2.50. The Morgan fingerprint density at radius 3 is 2.33 bits per heavy atom. The molecule has 4 nitrogen and oxygen atoms in total. The van der Waals surface area contributed by atoms with E-state index in [-0.39, 0.29) is 23.5 Å². The van der Waals surface area contributed by atoms with Gasteiger partial charge < -0.3 is 10.8 Å². The summed E-state index contributed by atoms with van der Waals surface area (Å²) in [6.45, 7) is 7.02. The zero-order valence-corrected chi connectivity index (χ0v) is 14.5. The van der Waals surface area contributed by atoms with E-state index < -0.39 is 20.9 Å². The first-order valence-corrected chi connectivity index (χ1v) is 9.99. The fraction of sp³-hybridized carbons (Fsp3) is 1.00. The average Bonchev–Trinajstić information content (AvgIpc) is 2.55. The van der Waals surface area contributed by atoms with Gasteiger partial charge in [0.15, 0.2) is 9.84 Å². The molecule has 124 valence electrons. The van der Waals surface area contributed by atoms with Crippen LogP contribution in [-0.2, 0) is 9.84 Å². The molecular weight excluding hydrogens is 286 g/mol. The molecule has 1 saturated heterocycles. The number of hydrogen-bond donors (Lipinski definition) is 2. The number of nitrogens with two attached hydrogens (primary N) is 1. The Morgan fingerprint density at radius 1 is 1.19 bits per heavy atom. The number of sulfone groups is 1. The van der Waals surface area contributed by atoms with E-state index in [0.717, 1.165) is 19.3 Å². The average molecular weight is 317 g/mol. The Kier molecular flexibility index (Phi) is 4.51. The van der Waals surface area contributed by atoms with Crippen molar-refractivity contribution in [2.24, 2.45) is 22.5 Å². The molecule has 2 fully saturated rings. The maximum Gasteiger partial charge on any atom is 0.151 e. The van der Waals surface area contributed by atoms with Gasteiger partial charge in [-0.3, -0.25) is 0 Å². The molecule has 0 spiro atoms. The van der Waals surface area contributed by atoms with E-state index in [2.05, 4.69) is 20.8 Å². The van der Waals surface area contributed by atoms with E-state index in [1.165, 1.54) is 0 Å². The predicted octanol–water partition coefficient (Wildman–Crippen LogP) is 2.11. The normalized spacial score (nSPS) is 40.9. The molecule has 2 aliphatic rings. The zero-order chi connectivity index (χ0) is 15.9. The lowest BCUT2D eigenvalue weighted by Crippen LogP contribution is -2.53. The van der Waals surface area contributed by atoms with Gasteiger partial charge in [-0.15, -0.1) is 0 Å². The quantitative estimate of drug-likeness (QED) is 0.764. The smallest absolute Gasteiger partial charge is 0.151 e. The molecule has 1 aliphatic carbocycles. The third-order valence-electron chi connectivity index (χ3n) is 6.04. The van der Waals surface area contributed by atoms with Crippen LogP contribution in [0.1, 0.15) is 59.3 Å². The van der Waals surface area contributed by atoms with Gasteiger partial charge in [-0.05, 0) is 43.4 Å². The molecule has 0 aromatic rings. The molecule has 1 aliphatic heterocycles. The molecule has 3 unspecified atom stereocenters. The summed E-state index contributed by atoms with van der Waals surface area (Å²) in [4.78, 5) is 0. The number of hydrogen-bond acceptors (Lipinski definition) is 4. The molecule has 0 aromatic carbocycles. The summed E-state index contributed by atoms with van der Waals surface area (Å²) in [6.07, 6.45) is 4.91. The van der Waals surface area contributed by atoms with E-state index in [4.69, 9.17) is 5.73 Å². The molecule has 2 rings (SSSR count). The minimum absolute atomic E-state index is 0.0627. The Bertz CT molecular complexity index is 482. The fourth-order valence-electron chi connectivity index (χ4n) is 4.35. The minimum Gasteiger partial charge on any atom is -0.389 e. The summed E-state index contributed by atoms with van der Waals surface area (Å²) in [5.74, 6) is 0.821. The highest BCUT2D eigenvalue weighted by molar-refractivity contribution is 7.91. The first kappa shape index (κ1) is 17.2. The molecular formula is C16H31NO3S. The molecule has 3 atom stereocenters. The van der Waals surface area contributed by atoms with Crippen molar-refractivity contribution >= 4 is 9.84 Å². The second kappa shape index (κ2) is 5.50. The Hall–Kier alpha value is -0.130. The van der Waals surface area contributed by atoms with Gasteiger partial charge in [0.2, 0.25) is 0 Å². The van der Waals surface area contributed by atoms with Crippen molar-refractivity contribution in [1.29, 1.82) is 0 Å². The molecule has 0 amide bonds. The van der Waals surface area contributed by atoms with Crippen molar-refractivity contribution in [2.75, 3.05) is 18.1 Å². The van der Waals surface area contributed by atoms with E-state index in [9.17, 15) is 13.5 Å². The second-order valence-corrected chi connectivity index (χ2v) is 10.5. The predicted molar refractivity (Wildman–Crippen MR) is 85.7 cm³/mol. The molecule has 1 saturated carbocycles. The van der Waals surface area contributed by atoms with Crippen molar-refractivity contribution in [1.82, 2.24) is 0 Å². The SMILES string of the molecule is CC(C)(C)C1CCCC(O)(C2(CN)CCS(=O)(=O)C2)CC1. The van der Waals surface area contributed by atoms with Gasteiger partial charge >= 0.3 is 0 Å². The maximum atomic E-state index is 11.9. The summed E-state index contributed by atoms with van der Waals surface area (Å²) in [5.41, 5.74) is 4.65. The lowest BCUT2D eigenvalue weighted by molar-refractivity contribution is -0.0806. The third-order valence-corrected chi connectivity index (χ3v) is 7.86. The largest absolute Gasteiger partial charge is 0.389 e. The second-order valence-electron chi connectivity index (χ2n) is 8.35. The third kappa shape index (κ3) is 3.30. The molecule has 1 heterocycles. The molecule has 21 heavy (non-hydrogen) atoms. The molecule has 0 aromatic heterocycles. The number of rotatable bonds is 2.